The van der Waals surface area contributed by atoms with Crippen LogP contribution in [0.25, 0.3) is 0 Å². The number of benzene rings is 2. The Morgan fingerprint density at radius 2 is 1.43 bits per heavy atom. The van der Waals surface area contributed by atoms with E-state index >= 15 is 0 Å². The van der Waals surface area contributed by atoms with E-state index in [0.717, 1.165) is 0 Å². The molecule has 8 nitrogen and oxygen atoms in total. The fourth-order valence-corrected chi connectivity index (χ4v) is 2.53. The van der Waals surface area contributed by atoms with E-state index in [4.69, 9.17) is 9.47 Å². The molecule has 148 valence electrons. The van der Waals surface area contributed by atoms with E-state index < -0.39 is 5.91 Å². The van der Waals surface area contributed by atoms with Crippen molar-refractivity contribution in [2.75, 3.05) is 29.7 Å². The first-order valence-corrected chi connectivity index (χ1v) is 8.64. The van der Waals surface area contributed by atoms with Crippen molar-refractivity contribution >= 4 is 34.8 Å². The van der Waals surface area contributed by atoms with E-state index in [1.807, 2.05) is 6.92 Å². The van der Waals surface area contributed by atoms with Gasteiger partial charge in [0, 0.05) is 42.5 Å². The smallest absolute Gasteiger partial charge is 0.255 e. The van der Waals surface area contributed by atoms with Crippen molar-refractivity contribution in [1.82, 2.24) is 0 Å². The molecular formula is C20H23N3O5. The number of anilines is 3. The zero-order valence-electron chi connectivity index (χ0n) is 16.2. The highest BCUT2D eigenvalue weighted by Crippen LogP contribution is 2.30. The summed E-state index contributed by atoms with van der Waals surface area (Å²) in [4.78, 5) is 35.4. The summed E-state index contributed by atoms with van der Waals surface area (Å²) in [6.45, 7) is 5.07. The third-order valence-electron chi connectivity index (χ3n) is 3.56. The van der Waals surface area contributed by atoms with Crippen LogP contribution in [-0.4, -0.2) is 31.4 Å². The third kappa shape index (κ3) is 5.73. The van der Waals surface area contributed by atoms with Gasteiger partial charge in [0.25, 0.3) is 5.91 Å². The Morgan fingerprint density at radius 3 is 1.93 bits per heavy atom. The second kappa shape index (κ2) is 9.40. The van der Waals surface area contributed by atoms with Gasteiger partial charge in [0.1, 0.15) is 0 Å². The Morgan fingerprint density at radius 1 is 0.821 bits per heavy atom. The molecule has 0 unspecified atom stereocenters. The molecule has 8 heteroatoms. The maximum Gasteiger partial charge on any atom is 0.255 e. The molecule has 0 spiro atoms. The maximum absolute atomic E-state index is 12.7. The van der Waals surface area contributed by atoms with Gasteiger partial charge in [-0.1, -0.05) is 0 Å². The van der Waals surface area contributed by atoms with Crippen molar-refractivity contribution in [3.05, 3.63) is 42.0 Å². The van der Waals surface area contributed by atoms with Gasteiger partial charge < -0.3 is 25.4 Å². The van der Waals surface area contributed by atoms with Crippen LogP contribution < -0.4 is 25.4 Å². The Hall–Kier alpha value is -3.55. The Kier molecular flexibility index (Phi) is 6.97. The molecule has 0 saturated carbocycles. The molecule has 0 aliphatic rings. The molecule has 2 aromatic carbocycles. The summed E-state index contributed by atoms with van der Waals surface area (Å²) in [5.74, 6) is 0.0735. The predicted molar refractivity (Wildman–Crippen MR) is 107 cm³/mol. The average molecular weight is 385 g/mol. The SMILES string of the molecule is CCOc1ccc(NC(=O)c2cc(NC(C)=O)cc(NC(C)=O)c2)cc1OC. The van der Waals surface area contributed by atoms with Crippen molar-refractivity contribution < 1.29 is 23.9 Å². The van der Waals surface area contributed by atoms with Crippen molar-refractivity contribution in [3.63, 3.8) is 0 Å². The highest BCUT2D eigenvalue weighted by molar-refractivity contribution is 6.06. The van der Waals surface area contributed by atoms with Crippen molar-refractivity contribution in [1.29, 1.82) is 0 Å². The summed E-state index contributed by atoms with van der Waals surface area (Å²) in [6, 6.07) is 9.66. The van der Waals surface area contributed by atoms with Gasteiger partial charge in [-0.3, -0.25) is 14.4 Å². The monoisotopic (exact) mass is 385 g/mol. The first kappa shape index (κ1) is 20.8. The molecule has 0 radical (unpaired) electrons. The van der Waals surface area contributed by atoms with Gasteiger partial charge in [-0.15, -0.1) is 0 Å². The van der Waals surface area contributed by atoms with Crippen LogP contribution in [0.15, 0.2) is 36.4 Å². The summed E-state index contributed by atoms with van der Waals surface area (Å²) < 4.78 is 10.7. The molecule has 0 saturated heterocycles. The van der Waals surface area contributed by atoms with Gasteiger partial charge in [0.15, 0.2) is 11.5 Å². The molecule has 28 heavy (non-hydrogen) atoms. The van der Waals surface area contributed by atoms with Crippen molar-refractivity contribution in [3.8, 4) is 11.5 Å². The van der Waals surface area contributed by atoms with Crippen LogP contribution in [0.3, 0.4) is 0 Å². The standard InChI is InChI=1S/C20H23N3O5/c1-5-28-18-7-6-15(11-19(18)27-4)23-20(26)14-8-16(21-12(2)24)10-17(9-14)22-13(3)25/h6-11H,5H2,1-4H3,(H,21,24)(H,22,25)(H,23,26). The van der Waals surface area contributed by atoms with Crippen LogP contribution in [-0.2, 0) is 9.59 Å². The summed E-state index contributed by atoms with van der Waals surface area (Å²) >= 11 is 0. The highest BCUT2D eigenvalue weighted by atomic mass is 16.5. The van der Waals surface area contributed by atoms with Crippen LogP contribution in [0.4, 0.5) is 17.1 Å². The first-order chi connectivity index (χ1) is 13.3. The van der Waals surface area contributed by atoms with E-state index in [1.54, 1.807) is 24.3 Å². The largest absolute Gasteiger partial charge is 0.493 e. The number of rotatable bonds is 7. The first-order valence-electron chi connectivity index (χ1n) is 8.64. The maximum atomic E-state index is 12.7. The van der Waals surface area contributed by atoms with E-state index in [-0.39, 0.29) is 17.4 Å². The van der Waals surface area contributed by atoms with Gasteiger partial charge >= 0.3 is 0 Å². The quantitative estimate of drug-likeness (QED) is 0.678. The fraction of sp³-hybridized carbons (Fsp3) is 0.250. The zero-order chi connectivity index (χ0) is 20.7. The number of ether oxygens (including phenoxy) is 2. The van der Waals surface area contributed by atoms with Crippen molar-refractivity contribution in [2.24, 2.45) is 0 Å². The van der Waals surface area contributed by atoms with E-state index in [9.17, 15) is 14.4 Å². The van der Waals surface area contributed by atoms with Crippen LogP contribution in [0.2, 0.25) is 0 Å². The minimum Gasteiger partial charge on any atom is -0.493 e. The lowest BCUT2D eigenvalue weighted by Gasteiger charge is -2.13. The minimum atomic E-state index is -0.412. The number of carbonyl (C=O) groups is 3. The lowest BCUT2D eigenvalue weighted by molar-refractivity contribution is -0.115. The molecule has 2 aromatic rings. The Balaban J connectivity index is 2.29. The molecule has 0 fully saturated rings. The van der Waals surface area contributed by atoms with Crippen LogP contribution in [0, 0.1) is 0 Å². The van der Waals surface area contributed by atoms with Crippen LogP contribution in [0.5, 0.6) is 11.5 Å². The predicted octanol–water partition coefficient (Wildman–Crippen LogP) is 3.26. The second-order valence-electron chi connectivity index (χ2n) is 5.91. The Labute approximate surface area is 163 Å². The molecular weight excluding hydrogens is 362 g/mol. The lowest BCUT2D eigenvalue weighted by Crippen LogP contribution is -2.15. The molecule has 0 aromatic heterocycles. The summed E-state index contributed by atoms with van der Waals surface area (Å²) in [5, 5.41) is 7.98. The number of amides is 3. The van der Waals surface area contributed by atoms with Crippen LogP contribution in [0.1, 0.15) is 31.1 Å². The summed E-state index contributed by atoms with van der Waals surface area (Å²) in [6.07, 6.45) is 0. The molecule has 0 aliphatic carbocycles. The molecule has 3 N–H and O–H groups in total. The number of hydrogen-bond acceptors (Lipinski definition) is 5. The van der Waals surface area contributed by atoms with Gasteiger partial charge in [0.2, 0.25) is 11.8 Å². The van der Waals surface area contributed by atoms with E-state index in [1.165, 1.54) is 33.1 Å². The molecule has 0 bridgehead atoms. The third-order valence-corrected chi connectivity index (χ3v) is 3.56. The molecule has 2 rings (SSSR count). The fourth-order valence-electron chi connectivity index (χ4n) is 2.53. The van der Waals surface area contributed by atoms with Gasteiger partial charge in [0.05, 0.1) is 13.7 Å². The average Bonchev–Trinajstić information content (AvgIpc) is 2.61. The van der Waals surface area contributed by atoms with Gasteiger partial charge in [-0.05, 0) is 37.3 Å². The molecule has 0 heterocycles. The zero-order valence-corrected chi connectivity index (χ0v) is 16.2. The summed E-state index contributed by atoms with van der Waals surface area (Å²) in [5.41, 5.74) is 1.57. The minimum absolute atomic E-state index is 0.267. The van der Waals surface area contributed by atoms with Gasteiger partial charge in [-0.25, -0.2) is 0 Å². The number of nitrogens with one attached hydrogen (secondary N) is 3. The topological polar surface area (TPSA) is 106 Å². The number of carbonyl (C=O) groups excluding carboxylic acids is 3. The highest BCUT2D eigenvalue weighted by Gasteiger charge is 2.13. The normalized spacial score (nSPS) is 10.0. The van der Waals surface area contributed by atoms with Gasteiger partial charge in [-0.2, -0.15) is 0 Å². The molecule has 0 aliphatic heterocycles. The molecule has 0 atom stereocenters. The Bertz CT molecular complexity index is 861. The van der Waals surface area contributed by atoms with Crippen molar-refractivity contribution in [2.45, 2.75) is 20.8 Å². The summed E-state index contributed by atoms with van der Waals surface area (Å²) in [7, 11) is 1.51. The molecule has 3 amide bonds. The van der Waals surface area contributed by atoms with Crippen LogP contribution >= 0.6 is 0 Å². The number of hydrogen-bond donors (Lipinski definition) is 3. The van der Waals surface area contributed by atoms with E-state index in [0.29, 0.717) is 35.2 Å². The second-order valence-corrected chi connectivity index (χ2v) is 5.91. The lowest BCUT2D eigenvalue weighted by atomic mass is 10.1. The van der Waals surface area contributed by atoms with E-state index in [2.05, 4.69) is 16.0 Å². The number of methoxy groups -OCH3 is 1.